The van der Waals surface area contributed by atoms with Gasteiger partial charge in [0, 0.05) is 31.0 Å². The van der Waals surface area contributed by atoms with E-state index in [9.17, 15) is 18.0 Å². The van der Waals surface area contributed by atoms with E-state index in [1.54, 1.807) is 13.2 Å². The van der Waals surface area contributed by atoms with Crippen LogP contribution in [0.2, 0.25) is 54.4 Å². The van der Waals surface area contributed by atoms with Gasteiger partial charge in [0.05, 0.1) is 32.5 Å². The standard InChI is InChI=1S/C42H75F3O8Si3/c1-20-31(27-49-54(14,15)38(3,4)5)34(51-37(46)42(43,44)45)33(28-50-55(16,17)39(6,7)8)36(53-56(18,19)40(9,10)11)41(12)35(52-41)29(2)25-48-26-30-21-23-32(47-13)24-22-30/h20-24,29,31,33-36H,1,25-28H2,2-19H3/t29-,31-,33-,34+,35+,36-,41-/m0/s1. The van der Waals surface area contributed by atoms with Crippen molar-refractivity contribution in [3.05, 3.63) is 42.5 Å². The number of halogens is 3. The van der Waals surface area contributed by atoms with Gasteiger partial charge in [0.15, 0.2) is 25.0 Å². The molecule has 1 aliphatic heterocycles. The van der Waals surface area contributed by atoms with E-state index in [4.69, 9.17) is 32.2 Å². The van der Waals surface area contributed by atoms with Gasteiger partial charge >= 0.3 is 12.1 Å². The van der Waals surface area contributed by atoms with E-state index in [1.165, 1.54) is 0 Å². The molecule has 324 valence electrons. The molecule has 0 amide bonds. The number of hydrogen-bond donors (Lipinski definition) is 0. The topological polar surface area (TPSA) is 85.0 Å². The highest BCUT2D eigenvalue weighted by Crippen LogP contribution is 2.52. The molecule has 14 heteroatoms. The first-order chi connectivity index (χ1) is 25.1. The average Bonchev–Trinajstić information content (AvgIpc) is 3.74. The molecule has 1 aromatic rings. The summed E-state index contributed by atoms with van der Waals surface area (Å²) in [6, 6.07) is 7.66. The second kappa shape index (κ2) is 18.4. The van der Waals surface area contributed by atoms with Crippen LogP contribution in [0.3, 0.4) is 0 Å². The van der Waals surface area contributed by atoms with Gasteiger partial charge < -0.3 is 32.2 Å². The molecule has 0 aromatic heterocycles. The Kier molecular flexibility index (Phi) is 16.6. The molecule has 0 saturated carbocycles. The van der Waals surface area contributed by atoms with E-state index >= 15 is 0 Å². The fourth-order valence-corrected chi connectivity index (χ4v) is 9.30. The highest BCUT2D eigenvalue weighted by molar-refractivity contribution is 6.75. The molecule has 0 N–H and O–H groups in total. The fraction of sp³-hybridized carbons (Fsp3) is 0.786. The molecule has 1 heterocycles. The number of benzene rings is 1. The molecule has 0 bridgehead atoms. The minimum atomic E-state index is -5.23. The molecule has 2 rings (SSSR count). The van der Waals surface area contributed by atoms with Gasteiger partial charge in [0.25, 0.3) is 0 Å². The van der Waals surface area contributed by atoms with Gasteiger partial charge in [-0.15, -0.1) is 6.58 Å². The molecule has 1 saturated heterocycles. The van der Waals surface area contributed by atoms with Crippen molar-refractivity contribution in [2.45, 2.75) is 167 Å². The van der Waals surface area contributed by atoms with Crippen molar-refractivity contribution in [3.8, 4) is 5.75 Å². The van der Waals surface area contributed by atoms with Crippen LogP contribution in [-0.4, -0.2) is 87.9 Å². The van der Waals surface area contributed by atoms with E-state index < -0.39 is 66.7 Å². The van der Waals surface area contributed by atoms with Gasteiger partial charge in [-0.05, 0) is 79.0 Å². The molecule has 56 heavy (non-hydrogen) atoms. The lowest BCUT2D eigenvalue weighted by Crippen LogP contribution is -2.57. The van der Waals surface area contributed by atoms with E-state index in [0.29, 0.717) is 13.2 Å². The third-order valence-corrected chi connectivity index (χ3v) is 26.4. The van der Waals surface area contributed by atoms with Crippen LogP contribution in [0.25, 0.3) is 0 Å². The first kappa shape index (κ1) is 50.6. The maximum Gasteiger partial charge on any atom is 0.490 e. The lowest BCUT2D eigenvalue weighted by Gasteiger charge is -2.47. The van der Waals surface area contributed by atoms with Crippen LogP contribution >= 0.6 is 0 Å². The number of rotatable bonds is 20. The number of methoxy groups -OCH3 is 1. The Morgan fingerprint density at radius 1 is 0.839 bits per heavy atom. The van der Waals surface area contributed by atoms with E-state index in [-0.39, 0.29) is 40.4 Å². The average molecular weight is 849 g/mol. The Balaban J connectivity index is 2.74. The Labute approximate surface area is 340 Å². The van der Waals surface area contributed by atoms with Gasteiger partial charge in [-0.25, -0.2) is 4.79 Å². The maximum absolute atomic E-state index is 14.2. The van der Waals surface area contributed by atoms with Crippen LogP contribution in [0.5, 0.6) is 5.75 Å². The summed E-state index contributed by atoms with van der Waals surface area (Å²) in [6.07, 6.45) is -6.25. The number of ether oxygens (including phenoxy) is 4. The van der Waals surface area contributed by atoms with Gasteiger partial charge in [0.2, 0.25) is 0 Å². The van der Waals surface area contributed by atoms with Crippen molar-refractivity contribution >= 4 is 30.9 Å². The molecule has 0 unspecified atom stereocenters. The predicted molar refractivity (Wildman–Crippen MR) is 227 cm³/mol. The minimum absolute atomic E-state index is 0.00973. The molecule has 1 fully saturated rings. The normalized spacial score (nSPS) is 21.5. The summed E-state index contributed by atoms with van der Waals surface area (Å²) in [5.74, 6) is -3.34. The van der Waals surface area contributed by atoms with Crippen molar-refractivity contribution in [2.75, 3.05) is 26.9 Å². The zero-order valence-corrected chi connectivity index (χ0v) is 40.8. The second-order valence-electron chi connectivity index (χ2n) is 20.4. The van der Waals surface area contributed by atoms with Crippen LogP contribution < -0.4 is 4.74 Å². The first-order valence-corrected chi connectivity index (χ1v) is 28.6. The first-order valence-electron chi connectivity index (χ1n) is 19.9. The smallest absolute Gasteiger partial charge is 0.490 e. The Morgan fingerprint density at radius 2 is 1.32 bits per heavy atom. The molecule has 0 aliphatic carbocycles. The summed E-state index contributed by atoms with van der Waals surface area (Å²) in [5.41, 5.74) is 0.0126. The van der Waals surface area contributed by atoms with E-state index in [2.05, 4.69) is 108 Å². The summed E-state index contributed by atoms with van der Waals surface area (Å²) in [6.45, 7) is 40.3. The second-order valence-corrected chi connectivity index (χ2v) is 34.8. The van der Waals surface area contributed by atoms with Crippen LogP contribution in [0.1, 0.15) is 81.7 Å². The highest BCUT2D eigenvalue weighted by Gasteiger charge is 2.65. The van der Waals surface area contributed by atoms with Crippen LogP contribution in [0, 0.1) is 17.8 Å². The predicted octanol–water partition coefficient (Wildman–Crippen LogP) is 11.3. The molecule has 1 aliphatic rings. The van der Waals surface area contributed by atoms with Crippen molar-refractivity contribution in [2.24, 2.45) is 17.8 Å². The number of epoxide rings is 1. The largest absolute Gasteiger partial charge is 0.497 e. The third-order valence-electron chi connectivity index (χ3n) is 12.9. The number of esters is 1. The van der Waals surface area contributed by atoms with Gasteiger partial charge in [0.1, 0.15) is 17.5 Å². The summed E-state index contributed by atoms with van der Waals surface area (Å²) in [5, 5.41) is -0.664. The van der Waals surface area contributed by atoms with Crippen LogP contribution in [-0.2, 0) is 38.9 Å². The summed E-state index contributed by atoms with van der Waals surface area (Å²) in [7, 11) is -5.96. The quantitative estimate of drug-likeness (QED) is 0.0555. The monoisotopic (exact) mass is 848 g/mol. The molecular formula is C42H75F3O8Si3. The van der Waals surface area contributed by atoms with Gasteiger partial charge in [-0.3, -0.25) is 0 Å². The van der Waals surface area contributed by atoms with Crippen molar-refractivity contribution in [1.29, 1.82) is 0 Å². The van der Waals surface area contributed by atoms with Crippen LogP contribution in [0.4, 0.5) is 13.2 Å². The van der Waals surface area contributed by atoms with Crippen LogP contribution in [0.15, 0.2) is 36.9 Å². The summed E-state index contributed by atoms with van der Waals surface area (Å²) >= 11 is 0. The zero-order chi connectivity index (χ0) is 43.5. The Hall–Kier alpha value is -1.53. The third kappa shape index (κ3) is 13.0. The lowest BCUT2D eigenvalue weighted by atomic mass is 9.80. The Morgan fingerprint density at radius 3 is 1.75 bits per heavy atom. The molecule has 0 radical (unpaired) electrons. The van der Waals surface area contributed by atoms with Gasteiger partial charge in [-0.1, -0.05) is 87.4 Å². The summed E-state index contributed by atoms with van der Waals surface area (Å²) in [4.78, 5) is 13.0. The van der Waals surface area contributed by atoms with E-state index in [1.807, 2.05) is 38.1 Å². The minimum Gasteiger partial charge on any atom is -0.497 e. The highest BCUT2D eigenvalue weighted by atomic mass is 28.4. The fourth-order valence-electron chi connectivity index (χ4n) is 5.82. The lowest BCUT2D eigenvalue weighted by molar-refractivity contribution is -0.213. The number of carbonyl (C=O) groups is 1. The molecular weight excluding hydrogens is 774 g/mol. The van der Waals surface area contributed by atoms with Gasteiger partial charge in [-0.2, -0.15) is 13.2 Å². The zero-order valence-electron chi connectivity index (χ0n) is 37.8. The molecule has 8 nitrogen and oxygen atoms in total. The maximum atomic E-state index is 14.2. The molecule has 7 atom stereocenters. The van der Waals surface area contributed by atoms with Crippen molar-refractivity contribution in [1.82, 2.24) is 0 Å². The Bertz CT molecular complexity index is 1430. The molecule has 0 spiro atoms. The van der Waals surface area contributed by atoms with E-state index in [0.717, 1.165) is 11.3 Å². The van der Waals surface area contributed by atoms with Crippen molar-refractivity contribution < 1.29 is 50.2 Å². The molecule has 1 aromatic carbocycles. The number of carbonyl (C=O) groups excluding carboxylic acids is 1. The number of hydrogen-bond acceptors (Lipinski definition) is 8. The van der Waals surface area contributed by atoms with Crippen molar-refractivity contribution in [3.63, 3.8) is 0 Å². The number of alkyl halides is 3. The SMILES string of the molecule is C=C[C@@H](CO[Si](C)(C)C(C)(C)C)[C@@H](OC(=O)C(F)(F)F)[C@H](CO[Si](C)(C)C(C)(C)C)[C@H](O[Si](C)(C)C(C)(C)C)[C@@]1(C)O[C@@H]1[C@@H](C)COCc1ccc(OC)cc1. The summed E-state index contributed by atoms with van der Waals surface area (Å²) < 4.78 is 87.1.